The SMILES string of the molecule is O=P(O)(O)c1ccc2ccccc2c1O. The molecule has 15 heavy (non-hydrogen) atoms. The van der Waals surface area contributed by atoms with Gasteiger partial charge in [0.1, 0.15) is 11.1 Å². The van der Waals surface area contributed by atoms with Crippen LogP contribution < -0.4 is 5.30 Å². The van der Waals surface area contributed by atoms with Crippen LogP contribution in [-0.4, -0.2) is 14.9 Å². The third-order valence-electron chi connectivity index (χ3n) is 2.19. The van der Waals surface area contributed by atoms with E-state index in [9.17, 15) is 9.67 Å². The van der Waals surface area contributed by atoms with Crippen LogP contribution in [0.3, 0.4) is 0 Å². The largest absolute Gasteiger partial charge is 0.506 e. The monoisotopic (exact) mass is 224 g/mol. The molecule has 4 nitrogen and oxygen atoms in total. The number of aromatic hydroxyl groups is 1. The van der Waals surface area contributed by atoms with Crippen molar-refractivity contribution in [2.75, 3.05) is 0 Å². The molecule has 0 spiro atoms. The number of phenols is 1. The highest BCUT2D eigenvalue weighted by Gasteiger charge is 2.22. The van der Waals surface area contributed by atoms with Crippen molar-refractivity contribution in [3.05, 3.63) is 36.4 Å². The van der Waals surface area contributed by atoms with Gasteiger partial charge in [0.25, 0.3) is 0 Å². The first-order valence-corrected chi connectivity index (χ1v) is 5.88. The first kappa shape index (κ1) is 10.2. The van der Waals surface area contributed by atoms with Crippen molar-refractivity contribution in [1.82, 2.24) is 0 Å². The maximum Gasteiger partial charge on any atom is 0.359 e. The number of hydrogen-bond acceptors (Lipinski definition) is 2. The van der Waals surface area contributed by atoms with Crippen molar-refractivity contribution < 1.29 is 19.5 Å². The minimum atomic E-state index is -4.41. The Morgan fingerprint density at radius 2 is 1.67 bits per heavy atom. The average molecular weight is 224 g/mol. The van der Waals surface area contributed by atoms with Gasteiger partial charge in [-0.15, -0.1) is 0 Å². The van der Waals surface area contributed by atoms with E-state index < -0.39 is 7.60 Å². The zero-order valence-corrected chi connectivity index (χ0v) is 8.56. The highest BCUT2D eigenvalue weighted by molar-refractivity contribution is 7.60. The third kappa shape index (κ3) is 1.75. The molecule has 0 aliphatic rings. The van der Waals surface area contributed by atoms with Crippen LogP contribution in [0.25, 0.3) is 10.8 Å². The van der Waals surface area contributed by atoms with E-state index in [1.54, 1.807) is 30.3 Å². The van der Waals surface area contributed by atoms with Crippen molar-refractivity contribution in [3.8, 4) is 5.75 Å². The number of benzene rings is 2. The molecule has 2 aromatic carbocycles. The highest BCUT2D eigenvalue weighted by Crippen LogP contribution is 2.39. The summed E-state index contributed by atoms with van der Waals surface area (Å²) in [7, 11) is -4.41. The van der Waals surface area contributed by atoms with Crippen LogP contribution in [0.15, 0.2) is 36.4 Å². The summed E-state index contributed by atoms with van der Waals surface area (Å²) in [5.74, 6) is -0.346. The van der Waals surface area contributed by atoms with Gasteiger partial charge in [-0.3, -0.25) is 4.57 Å². The lowest BCUT2D eigenvalue weighted by molar-refractivity contribution is 0.385. The molecule has 0 fully saturated rings. The van der Waals surface area contributed by atoms with E-state index >= 15 is 0 Å². The van der Waals surface area contributed by atoms with Gasteiger partial charge in [-0.2, -0.15) is 0 Å². The zero-order valence-electron chi connectivity index (χ0n) is 7.66. The molecule has 0 bridgehead atoms. The van der Waals surface area contributed by atoms with E-state index in [-0.39, 0.29) is 11.1 Å². The number of hydrogen-bond donors (Lipinski definition) is 3. The number of phenolic OH excluding ortho intramolecular Hbond substituents is 1. The summed E-state index contributed by atoms with van der Waals surface area (Å²) < 4.78 is 11.0. The topological polar surface area (TPSA) is 77.8 Å². The lowest BCUT2D eigenvalue weighted by atomic mass is 10.1. The van der Waals surface area contributed by atoms with Gasteiger partial charge < -0.3 is 14.9 Å². The quantitative estimate of drug-likeness (QED) is 0.639. The molecule has 0 amide bonds. The molecule has 2 aromatic rings. The van der Waals surface area contributed by atoms with Crippen molar-refractivity contribution in [2.24, 2.45) is 0 Å². The Kier molecular flexibility index (Phi) is 2.27. The fourth-order valence-electron chi connectivity index (χ4n) is 1.48. The van der Waals surface area contributed by atoms with E-state index in [0.29, 0.717) is 5.39 Å². The van der Waals surface area contributed by atoms with Gasteiger partial charge in [0.2, 0.25) is 0 Å². The molecule has 0 aliphatic heterocycles. The van der Waals surface area contributed by atoms with Crippen LogP contribution in [0.2, 0.25) is 0 Å². The fourth-order valence-corrected chi connectivity index (χ4v) is 2.14. The number of rotatable bonds is 1. The minimum Gasteiger partial charge on any atom is -0.506 e. The van der Waals surface area contributed by atoms with Crippen molar-refractivity contribution in [3.63, 3.8) is 0 Å². The number of fused-ring (bicyclic) bond motifs is 1. The molecule has 0 aliphatic carbocycles. The molecule has 0 aromatic heterocycles. The van der Waals surface area contributed by atoms with Crippen LogP contribution in [0.4, 0.5) is 0 Å². The molecule has 3 N–H and O–H groups in total. The van der Waals surface area contributed by atoms with E-state index in [2.05, 4.69) is 0 Å². The van der Waals surface area contributed by atoms with Gasteiger partial charge >= 0.3 is 7.60 Å². The summed E-state index contributed by atoms with van der Waals surface area (Å²) in [4.78, 5) is 18.0. The van der Waals surface area contributed by atoms with Gasteiger partial charge in [0, 0.05) is 5.39 Å². The Morgan fingerprint density at radius 3 is 2.33 bits per heavy atom. The summed E-state index contributed by atoms with van der Waals surface area (Å²) in [6.45, 7) is 0. The van der Waals surface area contributed by atoms with Crippen LogP contribution in [0.1, 0.15) is 0 Å². The molecule has 0 saturated carbocycles. The van der Waals surface area contributed by atoms with Gasteiger partial charge in [-0.05, 0) is 11.5 Å². The molecule has 78 valence electrons. The summed E-state index contributed by atoms with van der Waals surface area (Å²) in [6, 6.07) is 9.69. The molecular weight excluding hydrogens is 215 g/mol. The normalized spacial score (nSPS) is 11.9. The van der Waals surface area contributed by atoms with E-state index in [1.807, 2.05) is 0 Å². The maximum absolute atomic E-state index is 11.0. The molecule has 0 radical (unpaired) electrons. The van der Waals surface area contributed by atoms with E-state index in [4.69, 9.17) is 9.79 Å². The summed E-state index contributed by atoms with van der Waals surface area (Å²) >= 11 is 0. The smallest absolute Gasteiger partial charge is 0.359 e. The lowest BCUT2D eigenvalue weighted by Crippen LogP contribution is -2.04. The third-order valence-corrected chi connectivity index (χ3v) is 3.18. The second kappa shape index (κ2) is 3.35. The van der Waals surface area contributed by atoms with Gasteiger partial charge in [0.05, 0.1) is 0 Å². The maximum atomic E-state index is 11.0. The predicted octanol–water partition coefficient (Wildman–Crippen LogP) is 1.35. The first-order chi connectivity index (χ1) is 7.00. The highest BCUT2D eigenvalue weighted by atomic mass is 31.2. The van der Waals surface area contributed by atoms with E-state index in [0.717, 1.165) is 5.39 Å². The Morgan fingerprint density at radius 1 is 1.00 bits per heavy atom. The standard InChI is InChI=1S/C10H9O4P/c11-10-8-4-2-1-3-7(8)5-6-9(10)15(12,13)14/h1-6,11H,(H2,12,13,14). The molecule has 0 atom stereocenters. The van der Waals surface area contributed by atoms with Crippen molar-refractivity contribution in [1.29, 1.82) is 0 Å². The molecule has 0 heterocycles. The summed E-state index contributed by atoms with van der Waals surface area (Å²) in [6.07, 6.45) is 0. The second-order valence-corrected chi connectivity index (χ2v) is 4.77. The fraction of sp³-hybridized carbons (Fsp3) is 0. The second-order valence-electron chi connectivity index (χ2n) is 3.20. The molecule has 0 saturated heterocycles. The summed E-state index contributed by atoms with van der Waals surface area (Å²) in [5, 5.41) is 10.5. The Labute approximate surface area is 86.0 Å². The van der Waals surface area contributed by atoms with Gasteiger partial charge in [-0.1, -0.05) is 30.3 Å². The van der Waals surface area contributed by atoms with Crippen LogP contribution in [-0.2, 0) is 4.57 Å². The average Bonchev–Trinajstić information content (AvgIpc) is 2.16. The zero-order chi connectivity index (χ0) is 11.1. The van der Waals surface area contributed by atoms with E-state index in [1.165, 1.54) is 6.07 Å². The molecule has 2 rings (SSSR count). The van der Waals surface area contributed by atoms with Crippen LogP contribution in [0, 0.1) is 0 Å². The van der Waals surface area contributed by atoms with Crippen LogP contribution in [0.5, 0.6) is 5.75 Å². The Balaban J connectivity index is 2.82. The first-order valence-electron chi connectivity index (χ1n) is 4.27. The van der Waals surface area contributed by atoms with Gasteiger partial charge in [-0.25, -0.2) is 0 Å². The van der Waals surface area contributed by atoms with Gasteiger partial charge in [0.15, 0.2) is 0 Å². The molecule has 0 unspecified atom stereocenters. The predicted molar refractivity (Wildman–Crippen MR) is 57.3 cm³/mol. The lowest BCUT2D eigenvalue weighted by Gasteiger charge is -2.08. The Bertz CT molecular complexity index is 558. The van der Waals surface area contributed by atoms with Crippen molar-refractivity contribution >= 4 is 23.7 Å². The molecular formula is C10H9O4P. The molecule has 5 heteroatoms. The summed E-state index contributed by atoms with van der Waals surface area (Å²) in [5.41, 5.74) is 0. The van der Waals surface area contributed by atoms with Crippen molar-refractivity contribution in [2.45, 2.75) is 0 Å². The van der Waals surface area contributed by atoms with Crippen LogP contribution >= 0.6 is 7.60 Å². The Hall–Kier alpha value is -1.35. The minimum absolute atomic E-state index is 0.332.